The zero-order valence-corrected chi connectivity index (χ0v) is 11.0. The summed E-state index contributed by atoms with van der Waals surface area (Å²) in [5.74, 6) is -0.216. The van der Waals surface area contributed by atoms with Gasteiger partial charge in [-0.2, -0.15) is 5.26 Å². The van der Waals surface area contributed by atoms with E-state index in [1.54, 1.807) is 13.8 Å². The van der Waals surface area contributed by atoms with Crippen molar-refractivity contribution in [1.82, 2.24) is 5.32 Å². The van der Waals surface area contributed by atoms with Crippen LogP contribution in [0.1, 0.15) is 29.1 Å². The molecule has 0 spiro atoms. The molecule has 0 aliphatic carbocycles. The Bertz CT molecular complexity index is 445. The molecule has 5 heteroatoms. The van der Waals surface area contributed by atoms with Crippen molar-refractivity contribution in [2.75, 3.05) is 6.54 Å². The van der Waals surface area contributed by atoms with Crippen molar-refractivity contribution >= 4 is 28.8 Å². The molecular formula is C11H13ClN2OS. The third-order valence-corrected chi connectivity index (χ3v) is 3.79. The molecule has 1 amide bonds. The second-order valence-corrected chi connectivity index (χ2v) is 5.50. The van der Waals surface area contributed by atoms with E-state index in [4.69, 9.17) is 16.9 Å². The second kappa shape index (κ2) is 4.86. The molecule has 0 unspecified atom stereocenters. The molecule has 1 rings (SSSR count). The number of amides is 1. The highest BCUT2D eigenvalue weighted by Gasteiger charge is 2.20. The number of hydrogen-bond donors (Lipinski definition) is 1. The first-order chi connectivity index (χ1) is 7.37. The summed E-state index contributed by atoms with van der Waals surface area (Å²) in [6.45, 7) is 5.72. The van der Waals surface area contributed by atoms with Crippen LogP contribution in [0.2, 0.25) is 5.02 Å². The number of aryl methyl sites for hydroxylation is 1. The Morgan fingerprint density at radius 2 is 2.31 bits per heavy atom. The lowest BCUT2D eigenvalue weighted by Crippen LogP contribution is -2.32. The molecule has 0 saturated carbocycles. The topological polar surface area (TPSA) is 52.9 Å². The Morgan fingerprint density at radius 3 is 2.75 bits per heavy atom. The van der Waals surface area contributed by atoms with E-state index in [0.717, 1.165) is 5.56 Å². The van der Waals surface area contributed by atoms with Crippen LogP contribution in [0.15, 0.2) is 5.38 Å². The number of nitrogens with one attached hydrogen (secondary N) is 1. The highest BCUT2D eigenvalue weighted by Crippen LogP contribution is 2.27. The molecule has 0 aromatic carbocycles. The number of hydrogen-bond acceptors (Lipinski definition) is 3. The van der Waals surface area contributed by atoms with E-state index in [0.29, 0.717) is 16.4 Å². The summed E-state index contributed by atoms with van der Waals surface area (Å²) in [4.78, 5) is 12.3. The first-order valence-corrected chi connectivity index (χ1v) is 6.06. The number of thiophene rings is 1. The second-order valence-electron chi connectivity index (χ2n) is 4.24. The van der Waals surface area contributed by atoms with E-state index in [2.05, 4.69) is 11.4 Å². The smallest absolute Gasteiger partial charge is 0.262 e. The van der Waals surface area contributed by atoms with Crippen LogP contribution in [0.4, 0.5) is 0 Å². The average Bonchev–Trinajstić information content (AvgIpc) is 2.57. The van der Waals surface area contributed by atoms with Crippen molar-refractivity contribution in [2.24, 2.45) is 5.41 Å². The molecule has 3 nitrogen and oxygen atoms in total. The SMILES string of the molecule is Cc1csc(C(=O)NCC(C)(C)C#N)c1Cl. The molecular weight excluding hydrogens is 244 g/mol. The molecule has 0 fully saturated rings. The van der Waals surface area contributed by atoms with Crippen molar-refractivity contribution in [1.29, 1.82) is 5.26 Å². The third-order valence-electron chi connectivity index (χ3n) is 2.10. The van der Waals surface area contributed by atoms with Crippen LogP contribution < -0.4 is 5.32 Å². The molecule has 0 aliphatic rings. The van der Waals surface area contributed by atoms with Crippen LogP contribution in [0.25, 0.3) is 0 Å². The lowest BCUT2D eigenvalue weighted by atomic mass is 9.96. The Balaban J connectivity index is 2.68. The van der Waals surface area contributed by atoms with E-state index >= 15 is 0 Å². The summed E-state index contributed by atoms with van der Waals surface area (Å²) in [7, 11) is 0. The van der Waals surface area contributed by atoms with Crippen LogP contribution in [-0.4, -0.2) is 12.5 Å². The van der Waals surface area contributed by atoms with Crippen molar-refractivity contribution < 1.29 is 4.79 Å². The fourth-order valence-electron chi connectivity index (χ4n) is 1.00. The van der Waals surface area contributed by atoms with Crippen LogP contribution in [0, 0.1) is 23.7 Å². The van der Waals surface area contributed by atoms with Crippen LogP contribution in [-0.2, 0) is 0 Å². The first kappa shape index (κ1) is 13.0. The van der Waals surface area contributed by atoms with Crippen molar-refractivity contribution in [3.8, 4) is 6.07 Å². The number of halogens is 1. The zero-order valence-electron chi connectivity index (χ0n) is 9.43. The van der Waals surface area contributed by atoms with E-state index < -0.39 is 5.41 Å². The van der Waals surface area contributed by atoms with Gasteiger partial charge in [0.15, 0.2) is 0 Å². The fraction of sp³-hybridized carbons (Fsp3) is 0.455. The van der Waals surface area contributed by atoms with Gasteiger partial charge in [0.05, 0.1) is 16.5 Å². The molecule has 1 aromatic heterocycles. The predicted octanol–water partition coefficient (Wildman–Crippen LogP) is 2.99. The maximum atomic E-state index is 11.7. The van der Waals surface area contributed by atoms with Gasteiger partial charge in [0.25, 0.3) is 5.91 Å². The predicted molar refractivity (Wildman–Crippen MR) is 65.8 cm³/mol. The number of nitrogens with zero attached hydrogens (tertiary/aromatic N) is 1. The lowest BCUT2D eigenvalue weighted by Gasteiger charge is -2.15. The van der Waals surface area contributed by atoms with E-state index in [-0.39, 0.29) is 5.91 Å². The van der Waals surface area contributed by atoms with Crippen LogP contribution in [0.5, 0.6) is 0 Å². The lowest BCUT2D eigenvalue weighted by molar-refractivity contribution is 0.0948. The van der Waals surface area contributed by atoms with Crippen molar-refractivity contribution in [3.05, 3.63) is 20.8 Å². The van der Waals surface area contributed by atoms with Crippen LogP contribution >= 0.6 is 22.9 Å². The minimum Gasteiger partial charge on any atom is -0.350 e. The summed E-state index contributed by atoms with van der Waals surface area (Å²) < 4.78 is 0. The van der Waals surface area contributed by atoms with Gasteiger partial charge in [-0.15, -0.1) is 11.3 Å². The minimum atomic E-state index is -0.561. The monoisotopic (exact) mass is 256 g/mol. The maximum absolute atomic E-state index is 11.7. The average molecular weight is 257 g/mol. The molecule has 0 saturated heterocycles. The Labute approximate surface area is 104 Å². The van der Waals surface area contributed by atoms with Gasteiger partial charge in [-0.3, -0.25) is 4.79 Å². The third kappa shape index (κ3) is 2.97. The molecule has 0 atom stereocenters. The molecule has 0 radical (unpaired) electrons. The summed E-state index contributed by atoms with van der Waals surface area (Å²) in [6.07, 6.45) is 0. The zero-order chi connectivity index (χ0) is 12.3. The van der Waals surface area contributed by atoms with Crippen LogP contribution in [0.3, 0.4) is 0 Å². The maximum Gasteiger partial charge on any atom is 0.262 e. The summed E-state index contributed by atoms with van der Waals surface area (Å²) in [5.41, 5.74) is 0.338. The largest absolute Gasteiger partial charge is 0.350 e. The molecule has 16 heavy (non-hydrogen) atoms. The van der Waals surface area contributed by atoms with Gasteiger partial charge in [0.1, 0.15) is 4.88 Å². The number of nitriles is 1. The molecule has 0 bridgehead atoms. The van der Waals surface area contributed by atoms with Crippen molar-refractivity contribution in [3.63, 3.8) is 0 Å². The Kier molecular flexibility index (Phi) is 3.95. The summed E-state index contributed by atoms with van der Waals surface area (Å²) >= 11 is 7.29. The van der Waals surface area contributed by atoms with Crippen molar-refractivity contribution in [2.45, 2.75) is 20.8 Å². The van der Waals surface area contributed by atoms with E-state index in [1.165, 1.54) is 11.3 Å². The van der Waals surface area contributed by atoms with Gasteiger partial charge in [-0.25, -0.2) is 0 Å². The highest BCUT2D eigenvalue weighted by molar-refractivity contribution is 7.13. The normalized spacial score (nSPS) is 10.9. The standard InChI is InChI=1S/C11H13ClN2OS/c1-7-4-16-9(8(7)12)10(15)14-6-11(2,3)5-13/h4H,6H2,1-3H3,(H,14,15). The van der Waals surface area contributed by atoms with E-state index in [9.17, 15) is 4.79 Å². The molecule has 1 aromatic rings. The molecule has 1 heterocycles. The Hall–Kier alpha value is -1.05. The number of carbonyl (C=O) groups is 1. The van der Waals surface area contributed by atoms with E-state index in [1.807, 2.05) is 12.3 Å². The minimum absolute atomic E-state index is 0.216. The van der Waals surface area contributed by atoms with Gasteiger partial charge < -0.3 is 5.32 Å². The summed E-state index contributed by atoms with van der Waals surface area (Å²) in [6, 6.07) is 2.12. The number of rotatable bonds is 3. The highest BCUT2D eigenvalue weighted by atomic mass is 35.5. The van der Waals surface area contributed by atoms with Gasteiger partial charge >= 0.3 is 0 Å². The number of carbonyl (C=O) groups excluding carboxylic acids is 1. The summed E-state index contributed by atoms with van der Waals surface area (Å²) in [5, 5.41) is 13.9. The molecule has 86 valence electrons. The molecule has 0 aliphatic heterocycles. The Morgan fingerprint density at radius 1 is 1.69 bits per heavy atom. The van der Waals surface area contributed by atoms with Gasteiger partial charge in [-0.05, 0) is 31.7 Å². The van der Waals surface area contributed by atoms with Gasteiger partial charge in [0, 0.05) is 6.54 Å². The van der Waals surface area contributed by atoms with Gasteiger partial charge in [0.2, 0.25) is 0 Å². The fourth-order valence-corrected chi connectivity index (χ4v) is 2.20. The first-order valence-electron chi connectivity index (χ1n) is 4.80. The van der Waals surface area contributed by atoms with Gasteiger partial charge in [-0.1, -0.05) is 11.6 Å². The quantitative estimate of drug-likeness (QED) is 0.904. The molecule has 1 N–H and O–H groups in total.